The molecule has 0 bridgehead atoms. The molecular formula is C33H52N6O5S. The molecule has 0 spiro atoms. The van der Waals surface area contributed by atoms with Gasteiger partial charge in [-0.2, -0.15) is 5.10 Å². The number of esters is 1. The first-order valence-corrected chi connectivity index (χ1v) is 16.9. The summed E-state index contributed by atoms with van der Waals surface area (Å²) in [6.45, 7) is 12.8. The van der Waals surface area contributed by atoms with E-state index in [1.165, 1.54) is 18.3 Å². The van der Waals surface area contributed by atoms with E-state index in [1.807, 2.05) is 54.9 Å². The van der Waals surface area contributed by atoms with Crippen LogP contribution in [0.25, 0.3) is 0 Å². The number of carbonyl (C=O) groups is 4. The SMILES string of the molecule is CC[C@H](C)[C@H](CC(=O)[C@@]1(C)CCCN1C)C(=O)N(C)[C@H](C[C@@H](OC(C)=O)c1nc(C(=O)NCCc2cnn(C)c2)cs1)C(C)C. The molecule has 3 rings (SSSR count). The molecule has 1 aliphatic heterocycles. The van der Waals surface area contributed by atoms with Gasteiger partial charge in [0, 0.05) is 63.9 Å². The van der Waals surface area contributed by atoms with E-state index >= 15 is 0 Å². The van der Waals surface area contributed by atoms with Crippen LogP contribution in [-0.4, -0.2) is 86.9 Å². The number of aryl methyl sites for hydroxylation is 1. The number of hydrogen-bond donors (Lipinski definition) is 1. The summed E-state index contributed by atoms with van der Waals surface area (Å²) in [6.07, 6.45) is 6.64. The van der Waals surface area contributed by atoms with Gasteiger partial charge in [0.25, 0.3) is 5.91 Å². The number of aromatic nitrogens is 3. The highest BCUT2D eigenvalue weighted by Gasteiger charge is 2.43. The lowest BCUT2D eigenvalue weighted by Crippen LogP contribution is -2.50. The Kier molecular flexibility index (Phi) is 12.9. The Balaban J connectivity index is 1.75. The van der Waals surface area contributed by atoms with Gasteiger partial charge in [-0.25, -0.2) is 4.98 Å². The summed E-state index contributed by atoms with van der Waals surface area (Å²) in [4.78, 5) is 61.2. The summed E-state index contributed by atoms with van der Waals surface area (Å²) >= 11 is 1.26. The minimum absolute atomic E-state index is 0.0227. The molecule has 0 unspecified atom stereocenters. The van der Waals surface area contributed by atoms with Crippen molar-refractivity contribution in [3.8, 4) is 0 Å². The Morgan fingerprint density at radius 2 is 1.91 bits per heavy atom. The maximum Gasteiger partial charge on any atom is 0.303 e. The average molecular weight is 645 g/mol. The van der Waals surface area contributed by atoms with Crippen LogP contribution in [0.3, 0.4) is 0 Å². The van der Waals surface area contributed by atoms with E-state index in [-0.39, 0.29) is 47.6 Å². The number of ketones is 1. The maximum absolute atomic E-state index is 14.1. The molecular weight excluding hydrogens is 592 g/mol. The minimum atomic E-state index is -0.734. The lowest BCUT2D eigenvalue weighted by Gasteiger charge is -2.38. The zero-order chi connectivity index (χ0) is 33.5. The normalized spacial score (nSPS) is 19.6. The van der Waals surface area contributed by atoms with Crippen LogP contribution in [0.4, 0.5) is 0 Å². The number of thiazole rings is 1. The highest BCUT2D eigenvalue weighted by atomic mass is 32.1. The van der Waals surface area contributed by atoms with Crippen LogP contribution in [0.5, 0.6) is 0 Å². The van der Waals surface area contributed by atoms with Gasteiger partial charge >= 0.3 is 5.97 Å². The summed E-state index contributed by atoms with van der Waals surface area (Å²) in [5, 5.41) is 9.20. The highest BCUT2D eigenvalue weighted by Crippen LogP contribution is 2.35. The fourth-order valence-corrected chi connectivity index (χ4v) is 7.00. The Morgan fingerprint density at radius 1 is 1.20 bits per heavy atom. The summed E-state index contributed by atoms with van der Waals surface area (Å²) in [6, 6.07) is -0.297. The summed E-state index contributed by atoms with van der Waals surface area (Å²) in [5.41, 5.74) is 0.727. The monoisotopic (exact) mass is 644 g/mol. The summed E-state index contributed by atoms with van der Waals surface area (Å²) < 4.78 is 7.45. The second-order valence-corrected chi connectivity index (χ2v) is 14.0. The van der Waals surface area contributed by atoms with Crippen LogP contribution >= 0.6 is 11.3 Å². The lowest BCUT2D eigenvalue weighted by molar-refractivity contribution is -0.149. The fraction of sp³-hybridized carbons (Fsp3) is 0.697. The predicted molar refractivity (Wildman–Crippen MR) is 175 cm³/mol. The number of ether oxygens (including phenoxy) is 1. The van der Waals surface area contributed by atoms with Gasteiger partial charge in [-0.3, -0.25) is 28.8 Å². The zero-order valence-electron chi connectivity index (χ0n) is 28.5. The Morgan fingerprint density at radius 3 is 2.47 bits per heavy atom. The topological polar surface area (TPSA) is 127 Å². The van der Waals surface area contributed by atoms with Crippen molar-refractivity contribution >= 4 is 34.9 Å². The highest BCUT2D eigenvalue weighted by molar-refractivity contribution is 7.09. The molecule has 1 aliphatic rings. The lowest BCUT2D eigenvalue weighted by atomic mass is 9.80. The van der Waals surface area contributed by atoms with Crippen LogP contribution in [0.1, 0.15) is 101 Å². The van der Waals surface area contributed by atoms with E-state index in [0.717, 1.165) is 31.4 Å². The van der Waals surface area contributed by atoms with Crippen molar-refractivity contribution in [1.29, 1.82) is 0 Å². The van der Waals surface area contributed by atoms with Gasteiger partial charge in [0.1, 0.15) is 10.7 Å². The van der Waals surface area contributed by atoms with E-state index in [1.54, 1.807) is 28.2 Å². The fourth-order valence-electron chi connectivity index (χ4n) is 6.16. The number of likely N-dealkylation sites (N-methyl/N-ethyl adjacent to an activating group) is 1. The standard InChI is InChI=1S/C33H52N6O5S/c1-10-22(4)25(16-29(41)33(6)13-11-15-37(33)7)32(43)39(9)27(21(2)3)17-28(44-23(5)40)31-36-26(20-45-31)30(42)34-14-12-24-18-35-38(8)19-24/h18-22,25,27-28H,10-17H2,1-9H3,(H,34,42)/t22-,25-,27+,28+,33+/m0/s1. The van der Waals surface area contributed by atoms with Crippen LogP contribution < -0.4 is 5.32 Å². The molecule has 0 aliphatic carbocycles. The molecule has 3 heterocycles. The van der Waals surface area contributed by atoms with Crippen molar-refractivity contribution in [2.75, 3.05) is 27.2 Å². The van der Waals surface area contributed by atoms with Crippen molar-refractivity contribution in [3.05, 3.63) is 34.0 Å². The third-order valence-electron chi connectivity index (χ3n) is 9.52. The Labute approximate surface area is 272 Å². The molecule has 2 aromatic heterocycles. The van der Waals surface area contributed by atoms with Crippen LogP contribution in [0.2, 0.25) is 0 Å². The average Bonchev–Trinajstić information content (AvgIpc) is 3.73. The van der Waals surface area contributed by atoms with Gasteiger partial charge < -0.3 is 15.0 Å². The number of likely N-dealkylation sites (tertiary alicyclic amines) is 1. The molecule has 1 N–H and O–H groups in total. The van der Waals surface area contributed by atoms with Gasteiger partial charge in [-0.1, -0.05) is 34.1 Å². The van der Waals surface area contributed by atoms with Crippen LogP contribution in [-0.2, 0) is 32.6 Å². The molecule has 250 valence electrons. The van der Waals surface area contributed by atoms with Gasteiger partial charge in [0.15, 0.2) is 11.9 Å². The van der Waals surface area contributed by atoms with Crippen molar-refractivity contribution in [2.45, 2.75) is 97.8 Å². The summed E-state index contributed by atoms with van der Waals surface area (Å²) in [5.74, 6) is -1.14. The van der Waals surface area contributed by atoms with Crippen molar-refractivity contribution in [1.82, 2.24) is 29.9 Å². The molecule has 45 heavy (non-hydrogen) atoms. The number of rotatable bonds is 16. The van der Waals surface area contributed by atoms with Gasteiger partial charge in [-0.05, 0) is 57.2 Å². The predicted octanol–water partition coefficient (Wildman–Crippen LogP) is 4.43. The number of hydrogen-bond acceptors (Lipinski definition) is 9. The third kappa shape index (κ3) is 9.22. The number of Topliss-reactive ketones (excluding diaryl/α,β-unsaturated/α-hetero) is 1. The van der Waals surface area contributed by atoms with Crippen molar-refractivity contribution in [3.63, 3.8) is 0 Å². The molecule has 2 amide bonds. The zero-order valence-corrected chi connectivity index (χ0v) is 29.3. The maximum atomic E-state index is 14.1. The number of nitrogens with zero attached hydrogens (tertiary/aromatic N) is 5. The first-order chi connectivity index (χ1) is 21.2. The second kappa shape index (κ2) is 15.9. The van der Waals surface area contributed by atoms with E-state index in [9.17, 15) is 19.2 Å². The van der Waals surface area contributed by atoms with E-state index < -0.39 is 23.5 Å². The molecule has 5 atom stereocenters. The largest absolute Gasteiger partial charge is 0.455 e. The van der Waals surface area contributed by atoms with E-state index in [0.29, 0.717) is 24.4 Å². The quantitative estimate of drug-likeness (QED) is 0.266. The second-order valence-electron chi connectivity index (χ2n) is 13.1. The van der Waals surface area contributed by atoms with Gasteiger partial charge in [0.2, 0.25) is 5.91 Å². The van der Waals surface area contributed by atoms with E-state index in [2.05, 4.69) is 20.3 Å². The minimum Gasteiger partial charge on any atom is -0.455 e. The van der Waals surface area contributed by atoms with Gasteiger partial charge in [-0.15, -0.1) is 11.3 Å². The molecule has 1 fully saturated rings. The van der Waals surface area contributed by atoms with Crippen molar-refractivity contribution < 1.29 is 23.9 Å². The van der Waals surface area contributed by atoms with Crippen molar-refractivity contribution in [2.24, 2.45) is 24.8 Å². The number of carbonyl (C=O) groups excluding carboxylic acids is 4. The third-order valence-corrected chi connectivity index (χ3v) is 10.5. The molecule has 11 nitrogen and oxygen atoms in total. The first-order valence-electron chi connectivity index (χ1n) is 16.1. The smallest absolute Gasteiger partial charge is 0.303 e. The molecule has 1 saturated heterocycles. The van der Waals surface area contributed by atoms with E-state index in [4.69, 9.17) is 4.74 Å². The van der Waals surface area contributed by atoms with Crippen LogP contribution in [0, 0.1) is 17.8 Å². The molecule has 2 aromatic rings. The van der Waals surface area contributed by atoms with Crippen LogP contribution in [0.15, 0.2) is 17.8 Å². The number of amides is 2. The first kappa shape index (κ1) is 36.3. The van der Waals surface area contributed by atoms with Gasteiger partial charge in [0.05, 0.1) is 11.7 Å². The Bertz CT molecular complexity index is 1320. The molecule has 12 heteroatoms. The molecule has 0 aromatic carbocycles. The number of nitrogens with one attached hydrogen (secondary N) is 1. The molecule has 0 saturated carbocycles. The Hall–Kier alpha value is -3.12. The molecule has 0 radical (unpaired) electrons. The summed E-state index contributed by atoms with van der Waals surface area (Å²) in [7, 11) is 5.61.